The van der Waals surface area contributed by atoms with Gasteiger partial charge in [0.25, 0.3) is 10.0 Å². The van der Waals surface area contributed by atoms with Crippen molar-refractivity contribution < 1.29 is 17.9 Å². The van der Waals surface area contributed by atoms with Gasteiger partial charge >= 0.3 is 6.09 Å². The van der Waals surface area contributed by atoms with Gasteiger partial charge in [0.05, 0.1) is 17.2 Å². The van der Waals surface area contributed by atoms with Gasteiger partial charge in [-0.1, -0.05) is 65.7 Å². The average Bonchev–Trinajstić information content (AvgIpc) is 3.45. The van der Waals surface area contributed by atoms with Crippen LogP contribution < -0.4 is 0 Å². The van der Waals surface area contributed by atoms with Gasteiger partial charge in [0, 0.05) is 42.1 Å². The highest BCUT2D eigenvalue weighted by atomic mass is 35.5. The number of rotatable bonds is 4. The lowest BCUT2D eigenvalue weighted by Crippen LogP contribution is -2.54. The second kappa shape index (κ2) is 13.2. The SMILES string of the molecule is CC(C)(C)OC(=O)N1CCN(C(=N)/C(=N\S(=O)(=O)c2ccc(Cl)cc2)N2CC(c3ccccc3)C(c3ccc(Cl)cc3)=N2)CC1. The molecule has 0 saturated carbocycles. The zero-order valence-electron chi connectivity index (χ0n) is 25.2. The van der Waals surface area contributed by atoms with Gasteiger partial charge in [0.15, 0.2) is 5.84 Å². The Balaban J connectivity index is 1.51. The fraction of sp³-hybridized carbons (Fsp3) is 0.312. The van der Waals surface area contributed by atoms with Crippen molar-refractivity contribution >= 4 is 56.7 Å². The first-order valence-electron chi connectivity index (χ1n) is 14.4. The summed E-state index contributed by atoms with van der Waals surface area (Å²) in [5.74, 6) is -0.488. The van der Waals surface area contributed by atoms with Crippen molar-refractivity contribution in [2.75, 3.05) is 32.7 Å². The number of amidine groups is 2. The van der Waals surface area contributed by atoms with E-state index in [9.17, 15) is 18.6 Å². The molecule has 2 heterocycles. The monoisotopic (exact) mass is 668 g/mol. The number of hydrazone groups is 1. The maximum atomic E-state index is 13.6. The van der Waals surface area contributed by atoms with Crippen LogP contribution in [0.5, 0.6) is 0 Å². The first kappa shape index (κ1) is 32.5. The maximum Gasteiger partial charge on any atom is 0.410 e. The number of hydrogen-bond donors (Lipinski definition) is 1. The van der Waals surface area contributed by atoms with E-state index >= 15 is 0 Å². The number of nitrogens with zero attached hydrogens (tertiary/aromatic N) is 5. The largest absolute Gasteiger partial charge is 0.444 e. The third kappa shape index (κ3) is 7.84. The Bertz CT molecular complexity index is 1720. The molecular formula is C32H34Cl2N6O4S. The highest BCUT2D eigenvalue weighted by Gasteiger charge is 2.36. The number of carbonyl (C=O) groups excluding carboxylic acids is 1. The van der Waals surface area contributed by atoms with Crippen molar-refractivity contribution in [3.05, 3.63) is 100 Å². The number of ether oxygens (including phenoxy) is 1. The minimum absolute atomic E-state index is 0.0624. The molecule has 45 heavy (non-hydrogen) atoms. The van der Waals surface area contributed by atoms with Crippen molar-refractivity contribution in [2.24, 2.45) is 9.50 Å². The molecule has 1 unspecified atom stereocenters. The molecular weight excluding hydrogens is 635 g/mol. The molecule has 10 nitrogen and oxygen atoms in total. The summed E-state index contributed by atoms with van der Waals surface area (Å²) in [6.45, 7) is 6.80. The molecule has 1 saturated heterocycles. The summed E-state index contributed by atoms with van der Waals surface area (Å²) in [7, 11) is -4.26. The molecule has 1 amide bonds. The molecule has 3 aromatic rings. The average molecular weight is 670 g/mol. The quantitative estimate of drug-likeness (QED) is 0.265. The molecule has 0 bridgehead atoms. The van der Waals surface area contributed by atoms with Crippen molar-refractivity contribution in [3.8, 4) is 0 Å². The summed E-state index contributed by atoms with van der Waals surface area (Å²) < 4.78 is 36.9. The van der Waals surface area contributed by atoms with Crippen LogP contribution in [0.4, 0.5) is 4.79 Å². The summed E-state index contributed by atoms with van der Waals surface area (Å²) in [4.78, 5) is 15.9. The van der Waals surface area contributed by atoms with Gasteiger partial charge in [-0.3, -0.25) is 5.41 Å². The first-order valence-corrected chi connectivity index (χ1v) is 16.6. The van der Waals surface area contributed by atoms with Crippen LogP contribution in [0.25, 0.3) is 0 Å². The van der Waals surface area contributed by atoms with Gasteiger partial charge < -0.3 is 14.5 Å². The standard InChI is InChI=1S/C32H34Cl2N6O4S/c1-32(2,3)44-31(41)39-19-17-38(18-20-39)29(35)30(37-45(42,43)26-15-13-25(34)14-16-26)40-21-27(22-7-5-4-6-8-22)28(36-40)23-9-11-24(33)12-10-23/h4-16,27,35H,17-21H2,1-3H3/b35-29?,37-30+. The Kier molecular flexibility index (Phi) is 9.52. The van der Waals surface area contributed by atoms with E-state index in [0.717, 1.165) is 11.1 Å². The molecule has 0 spiro atoms. The van der Waals surface area contributed by atoms with Crippen LogP contribution in [0.15, 0.2) is 93.3 Å². The van der Waals surface area contributed by atoms with Crippen LogP contribution in [-0.2, 0) is 14.8 Å². The third-order valence-electron chi connectivity index (χ3n) is 7.28. The van der Waals surface area contributed by atoms with Gasteiger partial charge in [-0.25, -0.2) is 9.80 Å². The summed E-state index contributed by atoms with van der Waals surface area (Å²) >= 11 is 12.2. The van der Waals surface area contributed by atoms with E-state index in [0.29, 0.717) is 28.8 Å². The zero-order chi connectivity index (χ0) is 32.4. The lowest BCUT2D eigenvalue weighted by Gasteiger charge is -2.37. The van der Waals surface area contributed by atoms with Crippen molar-refractivity contribution in [2.45, 2.75) is 37.2 Å². The van der Waals surface area contributed by atoms with E-state index in [4.69, 9.17) is 33.0 Å². The second-order valence-electron chi connectivity index (χ2n) is 11.7. The molecule has 0 aliphatic carbocycles. The number of piperazine rings is 1. The normalized spacial score (nSPS) is 17.7. The highest BCUT2D eigenvalue weighted by molar-refractivity contribution is 7.90. The van der Waals surface area contributed by atoms with Crippen LogP contribution in [0.2, 0.25) is 10.0 Å². The molecule has 1 atom stereocenters. The van der Waals surface area contributed by atoms with Crippen LogP contribution in [0.1, 0.15) is 37.8 Å². The maximum absolute atomic E-state index is 13.6. The number of nitrogens with one attached hydrogen (secondary N) is 1. The molecule has 1 N–H and O–H groups in total. The number of amides is 1. The highest BCUT2D eigenvalue weighted by Crippen LogP contribution is 2.30. The van der Waals surface area contributed by atoms with E-state index in [2.05, 4.69) is 4.40 Å². The predicted molar refractivity (Wildman–Crippen MR) is 177 cm³/mol. The Hall–Kier alpha value is -3.93. The fourth-order valence-corrected chi connectivity index (χ4v) is 6.27. The Morgan fingerprint density at radius 3 is 2.02 bits per heavy atom. The minimum atomic E-state index is -4.26. The second-order valence-corrected chi connectivity index (χ2v) is 14.2. The Labute approximate surface area is 273 Å². The van der Waals surface area contributed by atoms with Crippen molar-refractivity contribution in [3.63, 3.8) is 0 Å². The van der Waals surface area contributed by atoms with Gasteiger partial charge in [-0.05, 0) is 68.3 Å². The topological polar surface area (TPSA) is 119 Å². The zero-order valence-corrected chi connectivity index (χ0v) is 27.5. The lowest BCUT2D eigenvalue weighted by molar-refractivity contribution is 0.0187. The van der Waals surface area contributed by atoms with Crippen LogP contribution in [-0.4, -0.2) is 85.0 Å². The van der Waals surface area contributed by atoms with Gasteiger partial charge in [-0.2, -0.15) is 13.5 Å². The molecule has 0 aromatic heterocycles. The molecule has 13 heteroatoms. The number of benzene rings is 3. The van der Waals surface area contributed by atoms with Gasteiger partial charge in [-0.15, -0.1) is 4.40 Å². The van der Waals surface area contributed by atoms with Crippen LogP contribution >= 0.6 is 23.2 Å². The van der Waals surface area contributed by atoms with E-state index in [1.165, 1.54) is 29.3 Å². The Morgan fingerprint density at radius 1 is 0.889 bits per heavy atom. The number of carbonyl (C=O) groups is 1. The molecule has 0 radical (unpaired) electrons. The van der Waals surface area contributed by atoms with E-state index in [1.807, 2.05) is 42.5 Å². The minimum Gasteiger partial charge on any atom is -0.444 e. The molecule has 2 aliphatic rings. The van der Waals surface area contributed by atoms with E-state index < -0.39 is 21.7 Å². The summed E-state index contributed by atoms with van der Waals surface area (Å²) in [5, 5.41) is 16.5. The van der Waals surface area contributed by atoms with Crippen LogP contribution in [0, 0.1) is 5.41 Å². The van der Waals surface area contributed by atoms with Gasteiger partial charge in [0.1, 0.15) is 5.60 Å². The third-order valence-corrected chi connectivity index (χ3v) is 9.06. The van der Waals surface area contributed by atoms with E-state index in [-0.39, 0.29) is 42.1 Å². The van der Waals surface area contributed by atoms with E-state index in [1.54, 1.807) is 42.7 Å². The predicted octanol–water partition coefficient (Wildman–Crippen LogP) is 6.11. The molecule has 5 rings (SSSR count). The molecule has 236 valence electrons. The summed E-state index contributed by atoms with van der Waals surface area (Å²) in [6, 6.07) is 22.7. The van der Waals surface area contributed by atoms with Crippen LogP contribution in [0.3, 0.4) is 0 Å². The first-order chi connectivity index (χ1) is 21.3. The van der Waals surface area contributed by atoms with Crippen molar-refractivity contribution in [1.29, 1.82) is 5.41 Å². The lowest BCUT2D eigenvalue weighted by atomic mass is 9.91. The van der Waals surface area contributed by atoms with Gasteiger partial charge in [0.2, 0.25) is 5.84 Å². The summed E-state index contributed by atoms with van der Waals surface area (Å²) in [5.41, 5.74) is 1.85. The smallest absolute Gasteiger partial charge is 0.410 e. The molecule has 3 aromatic carbocycles. The summed E-state index contributed by atoms with van der Waals surface area (Å²) in [6.07, 6.45) is -0.435. The number of hydrogen-bond acceptors (Lipinski definition) is 6. The molecule has 1 fully saturated rings. The van der Waals surface area contributed by atoms with Crippen molar-refractivity contribution in [1.82, 2.24) is 14.8 Å². The Morgan fingerprint density at radius 2 is 1.44 bits per heavy atom. The fourth-order valence-electron chi connectivity index (χ4n) is 5.03. The molecule has 2 aliphatic heterocycles. The number of halogens is 2. The number of sulfonamides is 1.